The van der Waals surface area contributed by atoms with E-state index in [0.29, 0.717) is 12.6 Å². The zero-order valence-electron chi connectivity index (χ0n) is 8.99. The molecule has 0 amide bonds. The number of Topliss-reactive ketones (excluding diaryl/α,β-unsaturated/α-hetero) is 1. The van der Waals surface area contributed by atoms with Crippen LogP contribution in [0.5, 0.6) is 0 Å². The van der Waals surface area contributed by atoms with E-state index in [2.05, 4.69) is 20.8 Å². The molecule has 2 N–H and O–H groups in total. The largest absolute Gasteiger partial charge is 0.328 e. The minimum atomic E-state index is 0.198. The van der Waals surface area contributed by atoms with Gasteiger partial charge in [-0.3, -0.25) is 9.69 Å². The van der Waals surface area contributed by atoms with Crippen LogP contribution in [0.3, 0.4) is 0 Å². The molecule has 2 heterocycles. The number of ketones is 1. The van der Waals surface area contributed by atoms with Crippen LogP contribution < -0.4 is 5.73 Å². The van der Waals surface area contributed by atoms with Crippen molar-refractivity contribution in [3.8, 4) is 0 Å². The molecule has 5 heteroatoms. The van der Waals surface area contributed by atoms with Gasteiger partial charge in [0.2, 0.25) is 0 Å². The molecule has 1 fully saturated rings. The van der Waals surface area contributed by atoms with Crippen LogP contribution in [0.15, 0.2) is 15.2 Å². The van der Waals surface area contributed by atoms with Crippen molar-refractivity contribution in [2.75, 3.05) is 19.6 Å². The van der Waals surface area contributed by atoms with Gasteiger partial charge in [-0.15, -0.1) is 0 Å². The molecule has 0 atom stereocenters. The van der Waals surface area contributed by atoms with Gasteiger partial charge in [-0.05, 0) is 28.8 Å². The molecule has 1 aromatic rings. The molecule has 0 saturated carbocycles. The van der Waals surface area contributed by atoms with Gasteiger partial charge in [-0.1, -0.05) is 0 Å². The maximum Gasteiger partial charge on any atom is 0.178 e. The molecule has 0 bridgehead atoms. The minimum absolute atomic E-state index is 0.198. The maximum atomic E-state index is 12.0. The van der Waals surface area contributed by atoms with E-state index >= 15 is 0 Å². The molecule has 3 nitrogen and oxygen atoms in total. The number of rotatable bonds is 3. The van der Waals surface area contributed by atoms with E-state index in [0.717, 1.165) is 36.0 Å². The number of halogens is 1. The predicted octanol–water partition coefficient (Wildman–Crippen LogP) is 2.12. The number of carbonyl (C=O) groups excluding carboxylic acids is 1. The van der Waals surface area contributed by atoms with Crippen molar-refractivity contribution in [1.29, 1.82) is 0 Å². The van der Waals surface area contributed by atoms with E-state index < -0.39 is 0 Å². The first-order valence-corrected chi connectivity index (χ1v) is 7.13. The van der Waals surface area contributed by atoms with Crippen LogP contribution in [0.2, 0.25) is 0 Å². The highest BCUT2D eigenvalue weighted by molar-refractivity contribution is 9.10. The number of nitrogens with zero attached hydrogens (tertiary/aromatic N) is 1. The second-order valence-electron chi connectivity index (χ2n) is 4.17. The minimum Gasteiger partial charge on any atom is -0.328 e. The SMILES string of the molecule is NC1CCN(CC(=O)c2cscc2Br)CC1. The Balaban J connectivity index is 1.91. The van der Waals surface area contributed by atoms with Crippen LogP contribution in [-0.2, 0) is 0 Å². The average Bonchev–Trinajstić information content (AvgIpc) is 2.68. The molecule has 1 aliphatic rings. The van der Waals surface area contributed by atoms with E-state index in [4.69, 9.17) is 5.73 Å². The third kappa shape index (κ3) is 2.91. The van der Waals surface area contributed by atoms with Crippen molar-refractivity contribution < 1.29 is 4.79 Å². The van der Waals surface area contributed by atoms with Gasteiger partial charge in [0, 0.05) is 39.9 Å². The summed E-state index contributed by atoms with van der Waals surface area (Å²) in [4.78, 5) is 14.2. The molecule has 1 aliphatic heterocycles. The van der Waals surface area contributed by atoms with Crippen molar-refractivity contribution in [3.05, 3.63) is 20.8 Å². The molecular weight excluding hydrogens is 288 g/mol. The summed E-state index contributed by atoms with van der Waals surface area (Å²) in [5, 5.41) is 3.85. The summed E-state index contributed by atoms with van der Waals surface area (Å²) in [6, 6.07) is 0.319. The second kappa shape index (κ2) is 5.40. The Morgan fingerprint density at radius 3 is 2.75 bits per heavy atom. The fourth-order valence-electron chi connectivity index (χ4n) is 1.88. The normalized spacial score (nSPS) is 18.9. The van der Waals surface area contributed by atoms with Crippen molar-refractivity contribution in [2.24, 2.45) is 5.73 Å². The summed E-state index contributed by atoms with van der Waals surface area (Å²) in [6.45, 7) is 2.39. The molecular formula is C11H15BrN2OS. The van der Waals surface area contributed by atoms with Crippen LogP contribution in [-0.4, -0.2) is 36.4 Å². The number of thiophene rings is 1. The quantitative estimate of drug-likeness (QED) is 0.870. The number of nitrogens with two attached hydrogens (primary N) is 1. The van der Waals surface area contributed by atoms with Crippen LogP contribution in [0, 0.1) is 0 Å². The monoisotopic (exact) mass is 302 g/mol. The van der Waals surface area contributed by atoms with E-state index in [1.165, 1.54) is 0 Å². The number of piperidine rings is 1. The third-order valence-corrected chi connectivity index (χ3v) is 4.62. The van der Waals surface area contributed by atoms with Crippen LogP contribution in [0.25, 0.3) is 0 Å². The topological polar surface area (TPSA) is 46.3 Å². The highest BCUT2D eigenvalue weighted by Gasteiger charge is 2.20. The molecule has 16 heavy (non-hydrogen) atoms. The summed E-state index contributed by atoms with van der Waals surface area (Å²) >= 11 is 4.94. The van der Waals surface area contributed by atoms with Gasteiger partial charge in [-0.25, -0.2) is 0 Å². The maximum absolute atomic E-state index is 12.0. The second-order valence-corrected chi connectivity index (χ2v) is 5.77. The molecule has 0 unspecified atom stereocenters. The number of likely N-dealkylation sites (tertiary alicyclic amines) is 1. The zero-order chi connectivity index (χ0) is 11.5. The number of carbonyl (C=O) groups is 1. The molecule has 2 rings (SSSR count). The van der Waals surface area contributed by atoms with Gasteiger partial charge >= 0.3 is 0 Å². The lowest BCUT2D eigenvalue weighted by Crippen LogP contribution is -2.41. The lowest BCUT2D eigenvalue weighted by Gasteiger charge is -2.29. The summed E-state index contributed by atoms with van der Waals surface area (Å²) < 4.78 is 0.913. The molecule has 1 saturated heterocycles. The van der Waals surface area contributed by atoms with E-state index in [1.54, 1.807) is 11.3 Å². The molecule has 88 valence electrons. The number of hydrogen-bond donors (Lipinski definition) is 1. The molecule has 0 spiro atoms. The molecule has 1 aromatic heterocycles. The summed E-state index contributed by atoms with van der Waals surface area (Å²) in [6.07, 6.45) is 2.00. The lowest BCUT2D eigenvalue weighted by atomic mass is 10.1. The van der Waals surface area contributed by atoms with Crippen molar-refractivity contribution in [3.63, 3.8) is 0 Å². The summed E-state index contributed by atoms with van der Waals surface area (Å²) in [5.41, 5.74) is 6.63. The van der Waals surface area contributed by atoms with E-state index in [1.807, 2.05) is 10.8 Å². The van der Waals surface area contributed by atoms with Crippen LogP contribution in [0.1, 0.15) is 23.2 Å². The highest BCUT2D eigenvalue weighted by atomic mass is 79.9. The first kappa shape index (κ1) is 12.2. The van der Waals surface area contributed by atoms with Gasteiger partial charge in [0.25, 0.3) is 0 Å². The van der Waals surface area contributed by atoms with Gasteiger partial charge in [0.15, 0.2) is 5.78 Å². The number of hydrogen-bond acceptors (Lipinski definition) is 4. The first-order chi connectivity index (χ1) is 7.66. The fourth-order valence-corrected chi connectivity index (χ4v) is 3.40. The van der Waals surface area contributed by atoms with Crippen molar-refractivity contribution in [1.82, 2.24) is 4.90 Å². The molecule has 0 radical (unpaired) electrons. The van der Waals surface area contributed by atoms with Gasteiger partial charge in [0.1, 0.15) is 0 Å². The Hall–Kier alpha value is -0.230. The van der Waals surface area contributed by atoms with Crippen molar-refractivity contribution in [2.45, 2.75) is 18.9 Å². The summed E-state index contributed by atoms with van der Waals surface area (Å²) in [7, 11) is 0. The zero-order valence-corrected chi connectivity index (χ0v) is 11.4. The molecule has 0 aromatic carbocycles. The summed E-state index contributed by atoms with van der Waals surface area (Å²) in [5.74, 6) is 0.198. The highest BCUT2D eigenvalue weighted by Crippen LogP contribution is 2.22. The Morgan fingerprint density at radius 2 is 2.19 bits per heavy atom. The fraction of sp³-hybridized carbons (Fsp3) is 0.545. The third-order valence-electron chi connectivity index (χ3n) is 2.91. The lowest BCUT2D eigenvalue weighted by molar-refractivity contribution is 0.0909. The van der Waals surface area contributed by atoms with Gasteiger partial charge < -0.3 is 5.73 Å². The Kier molecular flexibility index (Phi) is 4.13. The smallest absolute Gasteiger partial charge is 0.178 e. The Morgan fingerprint density at radius 1 is 1.50 bits per heavy atom. The average molecular weight is 303 g/mol. The molecule has 0 aliphatic carbocycles. The predicted molar refractivity (Wildman–Crippen MR) is 70.0 cm³/mol. The van der Waals surface area contributed by atoms with E-state index in [-0.39, 0.29) is 5.78 Å². The van der Waals surface area contributed by atoms with Gasteiger partial charge in [-0.2, -0.15) is 11.3 Å². The van der Waals surface area contributed by atoms with Crippen LogP contribution >= 0.6 is 27.3 Å². The van der Waals surface area contributed by atoms with Crippen molar-refractivity contribution >= 4 is 33.0 Å². The van der Waals surface area contributed by atoms with E-state index in [9.17, 15) is 4.79 Å². The standard InChI is InChI=1S/C11H15BrN2OS/c12-10-7-16-6-9(10)11(15)5-14-3-1-8(13)2-4-14/h6-8H,1-5,13H2. The Bertz CT molecular complexity index is 372. The van der Waals surface area contributed by atoms with Gasteiger partial charge in [0.05, 0.1) is 6.54 Å². The first-order valence-electron chi connectivity index (χ1n) is 5.39. The van der Waals surface area contributed by atoms with Crippen LogP contribution in [0.4, 0.5) is 0 Å². The Labute approximate surface area is 108 Å².